The topological polar surface area (TPSA) is 122 Å². The number of benzene rings is 1. The van der Waals surface area contributed by atoms with Crippen molar-refractivity contribution in [2.75, 3.05) is 6.54 Å². The summed E-state index contributed by atoms with van der Waals surface area (Å²) in [4.78, 5) is 32.2. The van der Waals surface area contributed by atoms with Crippen molar-refractivity contribution in [3.05, 3.63) is 39.9 Å². The predicted molar refractivity (Wildman–Crippen MR) is 74.9 cm³/mol. The summed E-state index contributed by atoms with van der Waals surface area (Å²) in [6.45, 7) is 1.85. The molecule has 0 aliphatic rings. The van der Waals surface area contributed by atoms with Gasteiger partial charge in [0.25, 0.3) is 5.69 Å². The zero-order chi connectivity index (χ0) is 15.8. The highest BCUT2D eigenvalue weighted by Crippen LogP contribution is 2.21. The number of amides is 2. The molecule has 2 amide bonds. The zero-order valence-corrected chi connectivity index (χ0v) is 11.5. The van der Waals surface area contributed by atoms with E-state index in [9.17, 15) is 19.7 Å². The molecule has 0 aromatic heterocycles. The molecular weight excluding hydrogens is 278 g/mol. The molecule has 1 rings (SSSR count). The molecule has 3 N–H and O–H groups in total. The third kappa shape index (κ3) is 5.47. The van der Waals surface area contributed by atoms with Gasteiger partial charge >= 0.3 is 12.0 Å². The van der Waals surface area contributed by atoms with Gasteiger partial charge in [0.15, 0.2) is 0 Å². The highest BCUT2D eigenvalue weighted by Gasteiger charge is 2.15. The first-order valence-electron chi connectivity index (χ1n) is 6.44. The maximum atomic E-state index is 11.6. The van der Waals surface area contributed by atoms with E-state index in [0.717, 1.165) is 0 Å². The van der Waals surface area contributed by atoms with Gasteiger partial charge in [0.1, 0.15) is 0 Å². The molecule has 0 aliphatic carbocycles. The van der Waals surface area contributed by atoms with Crippen LogP contribution in [0.15, 0.2) is 24.3 Å². The minimum Gasteiger partial charge on any atom is -0.481 e. The van der Waals surface area contributed by atoms with Gasteiger partial charge in [-0.1, -0.05) is 19.1 Å². The number of carbonyl (C=O) groups is 2. The fraction of sp³-hybridized carbons (Fsp3) is 0.385. The summed E-state index contributed by atoms with van der Waals surface area (Å²) in [7, 11) is 0. The number of carboxylic acid groups (broad SMARTS) is 1. The lowest BCUT2D eigenvalue weighted by molar-refractivity contribution is -0.384. The van der Waals surface area contributed by atoms with Crippen LogP contribution in [0.2, 0.25) is 0 Å². The summed E-state index contributed by atoms with van der Waals surface area (Å²) >= 11 is 0. The van der Waals surface area contributed by atoms with Gasteiger partial charge in [-0.3, -0.25) is 14.9 Å². The molecule has 0 saturated heterocycles. The number of nitrogens with zero attached hydrogens (tertiary/aromatic N) is 1. The molecular formula is C13H17N3O5. The second kappa shape index (κ2) is 7.83. The van der Waals surface area contributed by atoms with E-state index in [2.05, 4.69) is 10.6 Å². The first-order valence-corrected chi connectivity index (χ1v) is 6.44. The van der Waals surface area contributed by atoms with Crippen molar-refractivity contribution in [2.45, 2.75) is 25.8 Å². The fourth-order valence-electron chi connectivity index (χ4n) is 1.77. The molecule has 21 heavy (non-hydrogen) atoms. The number of hydrogen-bond acceptors (Lipinski definition) is 4. The van der Waals surface area contributed by atoms with E-state index in [-0.39, 0.29) is 24.7 Å². The SMILES string of the molecule is CCC(NC(=O)NCCC(=O)O)c1cccc([N+](=O)[O-])c1. The summed E-state index contributed by atoms with van der Waals surface area (Å²) in [6.07, 6.45) is 0.383. The number of urea groups is 1. The Kier molecular flexibility index (Phi) is 6.12. The quantitative estimate of drug-likeness (QED) is 0.523. The molecule has 0 spiro atoms. The van der Waals surface area contributed by atoms with Gasteiger partial charge in [0.2, 0.25) is 0 Å². The molecule has 1 aromatic carbocycles. The van der Waals surface area contributed by atoms with Crippen LogP contribution in [0.5, 0.6) is 0 Å². The Labute approximate surface area is 121 Å². The van der Waals surface area contributed by atoms with Crippen LogP contribution in [0.4, 0.5) is 10.5 Å². The summed E-state index contributed by atoms with van der Waals surface area (Å²) in [5.41, 5.74) is 0.583. The van der Waals surface area contributed by atoms with Crippen molar-refractivity contribution in [2.24, 2.45) is 0 Å². The van der Waals surface area contributed by atoms with Crippen LogP contribution in [-0.4, -0.2) is 28.6 Å². The third-order valence-electron chi connectivity index (χ3n) is 2.82. The van der Waals surface area contributed by atoms with Gasteiger partial charge in [0, 0.05) is 18.7 Å². The van der Waals surface area contributed by atoms with E-state index in [1.165, 1.54) is 12.1 Å². The van der Waals surface area contributed by atoms with Crippen LogP contribution < -0.4 is 10.6 Å². The van der Waals surface area contributed by atoms with Gasteiger partial charge in [-0.25, -0.2) is 4.79 Å². The third-order valence-corrected chi connectivity index (χ3v) is 2.82. The molecule has 0 fully saturated rings. The number of nitrogens with one attached hydrogen (secondary N) is 2. The maximum Gasteiger partial charge on any atom is 0.315 e. The van der Waals surface area contributed by atoms with Crippen molar-refractivity contribution >= 4 is 17.7 Å². The van der Waals surface area contributed by atoms with E-state index < -0.39 is 16.9 Å². The Morgan fingerprint density at radius 1 is 1.43 bits per heavy atom. The molecule has 8 nitrogen and oxygen atoms in total. The van der Waals surface area contributed by atoms with E-state index in [4.69, 9.17) is 5.11 Å². The highest BCUT2D eigenvalue weighted by atomic mass is 16.6. The van der Waals surface area contributed by atoms with Crippen LogP contribution in [0.1, 0.15) is 31.4 Å². The lowest BCUT2D eigenvalue weighted by Crippen LogP contribution is -2.38. The minimum atomic E-state index is -0.999. The smallest absolute Gasteiger partial charge is 0.315 e. The fourth-order valence-corrected chi connectivity index (χ4v) is 1.77. The van der Waals surface area contributed by atoms with E-state index in [0.29, 0.717) is 12.0 Å². The molecule has 0 heterocycles. The lowest BCUT2D eigenvalue weighted by Gasteiger charge is -2.17. The summed E-state index contributed by atoms with van der Waals surface area (Å²) in [5, 5.41) is 24.3. The van der Waals surface area contributed by atoms with Crippen LogP contribution >= 0.6 is 0 Å². The standard InChI is InChI=1S/C13H17N3O5/c1-2-11(15-13(19)14-7-6-12(17)18)9-4-3-5-10(8-9)16(20)21/h3-5,8,11H,2,6-7H2,1H3,(H,17,18)(H2,14,15,19). The van der Waals surface area contributed by atoms with Crippen LogP contribution in [0.25, 0.3) is 0 Å². The summed E-state index contributed by atoms with van der Waals surface area (Å²) in [5.74, 6) is -0.999. The summed E-state index contributed by atoms with van der Waals surface area (Å²) in [6, 6.07) is 5.15. The highest BCUT2D eigenvalue weighted by molar-refractivity contribution is 5.75. The molecule has 0 bridgehead atoms. The van der Waals surface area contributed by atoms with Gasteiger partial charge in [-0.2, -0.15) is 0 Å². The lowest BCUT2D eigenvalue weighted by atomic mass is 10.0. The van der Waals surface area contributed by atoms with E-state index in [1.54, 1.807) is 12.1 Å². The zero-order valence-electron chi connectivity index (χ0n) is 11.5. The Morgan fingerprint density at radius 3 is 2.71 bits per heavy atom. The first kappa shape index (κ1) is 16.4. The Bertz CT molecular complexity index is 532. The average Bonchev–Trinajstić information content (AvgIpc) is 2.44. The molecule has 0 radical (unpaired) electrons. The van der Waals surface area contributed by atoms with Crippen molar-refractivity contribution < 1.29 is 19.6 Å². The number of carbonyl (C=O) groups excluding carboxylic acids is 1. The van der Waals surface area contributed by atoms with Crippen molar-refractivity contribution in [1.82, 2.24) is 10.6 Å². The van der Waals surface area contributed by atoms with E-state index >= 15 is 0 Å². The summed E-state index contributed by atoms with van der Waals surface area (Å²) < 4.78 is 0. The molecule has 1 aromatic rings. The Morgan fingerprint density at radius 2 is 2.14 bits per heavy atom. The van der Waals surface area contributed by atoms with Gasteiger partial charge < -0.3 is 15.7 Å². The first-order chi connectivity index (χ1) is 9.93. The van der Waals surface area contributed by atoms with Gasteiger partial charge in [-0.15, -0.1) is 0 Å². The van der Waals surface area contributed by atoms with Crippen LogP contribution in [0, 0.1) is 10.1 Å². The Hall–Kier alpha value is -2.64. The number of non-ortho nitro benzene ring substituents is 1. The molecule has 8 heteroatoms. The Balaban J connectivity index is 2.66. The van der Waals surface area contributed by atoms with E-state index in [1.807, 2.05) is 6.92 Å². The largest absolute Gasteiger partial charge is 0.481 e. The molecule has 1 unspecified atom stereocenters. The number of hydrogen-bond donors (Lipinski definition) is 3. The maximum absolute atomic E-state index is 11.6. The number of aliphatic carboxylic acids is 1. The molecule has 0 saturated carbocycles. The van der Waals surface area contributed by atoms with Crippen molar-refractivity contribution in [3.8, 4) is 0 Å². The number of carboxylic acids is 1. The predicted octanol–water partition coefficient (Wildman–Crippen LogP) is 1.82. The van der Waals surface area contributed by atoms with Crippen molar-refractivity contribution in [3.63, 3.8) is 0 Å². The second-order valence-electron chi connectivity index (χ2n) is 4.36. The van der Waals surface area contributed by atoms with Crippen molar-refractivity contribution in [1.29, 1.82) is 0 Å². The minimum absolute atomic E-state index is 0.0204. The normalized spacial score (nSPS) is 11.5. The van der Waals surface area contributed by atoms with Crippen LogP contribution in [0.3, 0.4) is 0 Å². The number of nitro benzene ring substituents is 1. The van der Waals surface area contributed by atoms with Crippen LogP contribution in [-0.2, 0) is 4.79 Å². The molecule has 1 atom stereocenters. The number of rotatable bonds is 7. The van der Waals surface area contributed by atoms with Gasteiger partial charge in [0.05, 0.1) is 17.4 Å². The monoisotopic (exact) mass is 295 g/mol. The molecule has 0 aliphatic heterocycles. The number of nitro groups is 1. The second-order valence-corrected chi connectivity index (χ2v) is 4.36. The molecule has 114 valence electrons. The van der Waals surface area contributed by atoms with Gasteiger partial charge in [-0.05, 0) is 12.0 Å². The average molecular weight is 295 g/mol.